The van der Waals surface area contributed by atoms with Crippen LogP contribution in [0.15, 0.2) is 48.5 Å². The maximum atomic E-state index is 11.9. The average molecular weight is 323 g/mol. The SMILES string of the molecule is COc1ccc(OC)c(CCC(=O)NCC#Cc2ccccc2)c1. The number of carbonyl (C=O) groups is 1. The molecule has 24 heavy (non-hydrogen) atoms. The van der Waals surface area contributed by atoms with E-state index in [0.717, 1.165) is 22.6 Å². The molecule has 0 saturated heterocycles. The van der Waals surface area contributed by atoms with Crippen LogP contribution < -0.4 is 14.8 Å². The molecule has 0 atom stereocenters. The minimum Gasteiger partial charge on any atom is -0.497 e. The van der Waals surface area contributed by atoms with Crippen molar-refractivity contribution in [3.63, 3.8) is 0 Å². The topological polar surface area (TPSA) is 47.6 Å². The van der Waals surface area contributed by atoms with E-state index in [1.165, 1.54) is 0 Å². The van der Waals surface area contributed by atoms with Gasteiger partial charge in [0, 0.05) is 12.0 Å². The summed E-state index contributed by atoms with van der Waals surface area (Å²) in [5.74, 6) is 7.42. The minimum atomic E-state index is -0.0396. The molecule has 0 aliphatic rings. The van der Waals surface area contributed by atoms with Gasteiger partial charge in [-0.05, 0) is 42.3 Å². The molecule has 0 aliphatic heterocycles. The fourth-order valence-electron chi connectivity index (χ4n) is 2.22. The van der Waals surface area contributed by atoms with Crippen molar-refractivity contribution >= 4 is 5.91 Å². The fraction of sp³-hybridized carbons (Fsp3) is 0.250. The lowest BCUT2D eigenvalue weighted by molar-refractivity contribution is -0.120. The number of hydrogen-bond acceptors (Lipinski definition) is 3. The number of rotatable bonds is 6. The standard InChI is InChI=1S/C20H21NO3/c1-23-18-11-12-19(24-2)17(15-18)10-13-20(22)21-14-6-9-16-7-4-3-5-8-16/h3-5,7-8,11-12,15H,10,13-14H2,1-2H3,(H,21,22). The number of carbonyl (C=O) groups excluding carboxylic acids is 1. The molecule has 0 aromatic heterocycles. The predicted octanol–water partition coefficient (Wildman–Crippen LogP) is 2.80. The van der Waals surface area contributed by atoms with Crippen molar-refractivity contribution < 1.29 is 14.3 Å². The molecule has 0 saturated carbocycles. The summed E-state index contributed by atoms with van der Waals surface area (Å²) in [6.07, 6.45) is 0.953. The summed E-state index contributed by atoms with van der Waals surface area (Å²) in [7, 11) is 3.23. The third-order valence-corrected chi connectivity index (χ3v) is 3.49. The Balaban J connectivity index is 1.82. The Labute approximate surface area is 142 Å². The number of nitrogens with one attached hydrogen (secondary N) is 1. The zero-order chi connectivity index (χ0) is 17.2. The van der Waals surface area contributed by atoms with Gasteiger partial charge >= 0.3 is 0 Å². The first kappa shape index (κ1) is 17.4. The van der Waals surface area contributed by atoms with E-state index in [1.807, 2.05) is 48.5 Å². The van der Waals surface area contributed by atoms with Crippen molar-refractivity contribution in [2.45, 2.75) is 12.8 Å². The second kappa shape index (κ2) is 9.26. The highest BCUT2D eigenvalue weighted by atomic mass is 16.5. The highest BCUT2D eigenvalue weighted by molar-refractivity contribution is 5.76. The first-order valence-electron chi connectivity index (χ1n) is 7.74. The lowest BCUT2D eigenvalue weighted by Crippen LogP contribution is -2.23. The number of hydrogen-bond donors (Lipinski definition) is 1. The molecule has 0 radical (unpaired) electrons. The molecule has 4 nitrogen and oxygen atoms in total. The van der Waals surface area contributed by atoms with Gasteiger partial charge in [-0.2, -0.15) is 0 Å². The maximum Gasteiger partial charge on any atom is 0.221 e. The molecular formula is C20H21NO3. The molecule has 1 N–H and O–H groups in total. The van der Waals surface area contributed by atoms with Gasteiger partial charge in [0.25, 0.3) is 0 Å². The van der Waals surface area contributed by atoms with Crippen LogP contribution >= 0.6 is 0 Å². The Morgan fingerprint density at radius 1 is 1.08 bits per heavy atom. The molecule has 0 aliphatic carbocycles. The zero-order valence-electron chi connectivity index (χ0n) is 14.0. The third-order valence-electron chi connectivity index (χ3n) is 3.49. The first-order valence-corrected chi connectivity index (χ1v) is 7.74. The van der Waals surface area contributed by atoms with Gasteiger partial charge in [0.15, 0.2) is 0 Å². The molecule has 0 unspecified atom stereocenters. The van der Waals surface area contributed by atoms with Gasteiger partial charge in [-0.3, -0.25) is 4.79 Å². The Hall–Kier alpha value is -2.93. The second-order valence-electron chi connectivity index (χ2n) is 5.12. The maximum absolute atomic E-state index is 11.9. The summed E-state index contributed by atoms with van der Waals surface area (Å²) in [6, 6.07) is 15.3. The Morgan fingerprint density at radius 3 is 2.58 bits per heavy atom. The minimum absolute atomic E-state index is 0.0396. The second-order valence-corrected chi connectivity index (χ2v) is 5.12. The predicted molar refractivity (Wildman–Crippen MR) is 94.2 cm³/mol. The molecule has 0 fully saturated rings. The number of ether oxygens (including phenoxy) is 2. The van der Waals surface area contributed by atoms with Crippen molar-refractivity contribution in [1.82, 2.24) is 5.32 Å². The van der Waals surface area contributed by atoms with Gasteiger partial charge in [-0.15, -0.1) is 0 Å². The Morgan fingerprint density at radius 2 is 1.88 bits per heavy atom. The molecule has 0 bridgehead atoms. The molecule has 2 aromatic carbocycles. The number of benzene rings is 2. The quantitative estimate of drug-likeness (QED) is 0.832. The summed E-state index contributed by atoms with van der Waals surface area (Å²) in [4.78, 5) is 11.9. The molecule has 4 heteroatoms. The molecule has 1 amide bonds. The van der Waals surface area contributed by atoms with E-state index in [9.17, 15) is 4.79 Å². The van der Waals surface area contributed by atoms with E-state index in [0.29, 0.717) is 19.4 Å². The van der Waals surface area contributed by atoms with Crippen LogP contribution in [0.1, 0.15) is 17.5 Å². The van der Waals surface area contributed by atoms with Gasteiger partial charge in [0.05, 0.1) is 20.8 Å². The van der Waals surface area contributed by atoms with Crippen molar-refractivity contribution in [3.8, 4) is 23.3 Å². The van der Waals surface area contributed by atoms with Gasteiger partial charge in [0.1, 0.15) is 11.5 Å². The summed E-state index contributed by atoms with van der Waals surface area (Å²) < 4.78 is 10.5. The first-order chi connectivity index (χ1) is 11.7. The van der Waals surface area contributed by atoms with E-state index in [4.69, 9.17) is 9.47 Å². The van der Waals surface area contributed by atoms with Gasteiger partial charge in [-0.1, -0.05) is 30.0 Å². The molecule has 2 aromatic rings. The molecule has 2 rings (SSSR count). The molecular weight excluding hydrogens is 302 g/mol. The highest BCUT2D eigenvalue weighted by Gasteiger charge is 2.07. The van der Waals surface area contributed by atoms with Gasteiger partial charge in [0.2, 0.25) is 5.91 Å². The van der Waals surface area contributed by atoms with Crippen LogP contribution in [0.3, 0.4) is 0 Å². The van der Waals surface area contributed by atoms with Crippen molar-refractivity contribution in [1.29, 1.82) is 0 Å². The molecule has 0 spiro atoms. The normalized spacial score (nSPS) is 9.58. The van der Waals surface area contributed by atoms with E-state index in [-0.39, 0.29) is 5.91 Å². The van der Waals surface area contributed by atoms with Crippen LogP contribution in [0.25, 0.3) is 0 Å². The van der Waals surface area contributed by atoms with Crippen molar-refractivity contribution in [2.75, 3.05) is 20.8 Å². The van der Waals surface area contributed by atoms with E-state index in [2.05, 4.69) is 17.2 Å². The number of amides is 1. The zero-order valence-corrected chi connectivity index (χ0v) is 14.0. The van der Waals surface area contributed by atoms with E-state index in [1.54, 1.807) is 14.2 Å². The summed E-state index contributed by atoms with van der Waals surface area (Å²) in [5.41, 5.74) is 1.88. The Kier molecular flexibility index (Phi) is 6.73. The smallest absolute Gasteiger partial charge is 0.221 e. The van der Waals surface area contributed by atoms with E-state index >= 15 is 0 Å². The van der Waals surface area contributed by atoms with Crippen LogP contribution in [0.4, 0.5) is 0 Å². The number of aryl methyl sites for hydroxylation is 1. The summed E-state index contributed by atoms with van der Waals surface area (Å²) >= 11 is 0. The monoisotopic (exact) mass is 323 g/mol. The number of methoxy groups -OCH3 is 2. The van der Waals surface area contributed by atoms with Crippen LogP contribution in [0.5, 0.6) is 11.5 Å². The molecule has 0 heterocycles. The highest BCUT2D eigenvalue weighted by Crippen LogP contribution is 2.24. The summed E-state index contributed by atoms with van der Waals surface area (Å²) in [6.45, 7) is 0.336. The largest absolute Gasteiger partial charge is 0.497 e. The van der Waals surface area contributed by atoms with E-state index < -0.39 is 0 Å². The van der Waals surface area contributed by atoms with Crippen molar-refractivity contribution in [3.05, 3.63) is 59.7 Å². The van der Waals surface area contributed by atoms with Crippen LogP contribution in [0.2, 0.25) is 0 Å². The van der Waals surface area contributed by atoms with Gasteiger partial charge in [-0.25, -0.2) is 0 Å². The van der Waals surface area contributed by atoms with Crippen LogP contribution in [0, 0.1) is 11.8 Å². The van der Waals surface area contributed by atoms with Crippen LogP contribution in [-0.2, 0) is 11.2 Å². The molecule has 124 valence electrons. The fourth-order valence-corrected chi connectivity index (χ4v) is 2.22. The lowest BCUT2D eigenvalue weighted by atomic mass is 10.1. The third kappa shape index (κ3) is 5.36. The Bertz CT molecular complexity index is 730. The van der Waals surface area contributed by atoms with Gasteiger partial charge < -0.3 is 14.8 Å². The lowest BCUT2D eigenvalue weighted by Gasteiger charge is -2.10. The summed E-state index contributed by atoms with van der Waals surface area (Å²) in [5, 5.41) is 2.80. The van der Waals surface area contributed by atoms with Crippen LogP contribution in [-0.4, -0.2) is 26.7 Å². The average Bonchev–Trinajstić information content (AvgIpc) is 2.64. The van der Waals surface area contributed by atoms with Crippen molar-refractivity contribution in [2.24, 2.45) is 0 Å².